The van der Waals surface area contributed by atoms with Crippen molar-refractivity contribution in [2.75, 3.05) is 33.7 Å². The number of hydrogen-bond donors (Lipinski definition) is 2. The number of ether oxygens (including phenoxy) is 1. The topological polar surface area (TPSA) is 133 Å². The number of aliphatic hydroxyl groups is 1. The number of ketones is 1. The van der Waals surface area contributed by atoms with Crippen LogP contribution in [0.3, 0.4) is 0 Å². The molecule has 5 aliphatic rings. The maximum Gasteiger partial charge on any atom is 0.309 e. The number of carboxylic acids is 1. The van der Waals surface area contributed by atoms with Crippen LogP contribution in [0.2, 0.25) is 0 Å². The first-order valence-electron chi connectivity index (χ1n) is 22.0. The lowest BCUT2D eigenvalue weighted by Gasteiger charge is -2.72. The summed E-state index contributed by atoms with van der Waals surface area (Å²) < 4.78 is 6.20. The molecule has 0 amide bonds. The third-order valence-electron chi connectivity index (χ3n) is 17.3. The third kappa shape index (κ3) is 7.23. The van der Waals surface area contributed by atoms with E-state index in [0.29, 0.717) is 24.8 Å². The highest BCUT2D eigenvalue weighted by Crippen LogP contribution is 2.77. The van der Waals surface area contributed by atoms with Gasteiger partial charge in [-0.3, -0.25) is 19.3 Å². The number of carbonyl (C=O) groups is 3. The summed E-state index contributed by atoms with van der Waals surface area (Å²) in [6.45, 7) is 23.9. The zero-order valence-electron chi connectivity index (χ0n) is 37.3. The lowest BCUT2D eigenvalue weighted by molar-refractivity contribution is -0.235. The van der Waals surface area contributed by atoms with Crippen LogP contribution < -0.4 is 0 Å². The van der Waals surface area contributed by atoms with Crippen LogP contribution in [-0.4, -0.2) is 93.6 Å². The molecule has 0 radical (unpaired) electrons. The van der Waals surface area contributed by atoms with Crippen molar-refractivity contribution < 1.29 is 29.3 Å². The maximum atomic E-state index is 14.3. The summed E-state index contributed by atoms with van der Waals surface area (Å²) in [6, 6.07) is 1.94. The Morgan fingerprint density at radius 2 is 1.65 bits per heavy atom. The number of rotatable bonds is 13. The predicted octanol–water partition coefficient (Wildman–Crippen LogP) is 8.16. The van der Waals surface area contributed by atoms with E-state index >= 15 is 0 Å². The van der Waals surface area contributed by atoms with Gasteiger partial charge in [0.1, 0.15) is 12.4 Å². The number of carbonyl (C=O) groups excluding carboxylic acids is 2. The van der Waals surface area contributed by atoms with Gasteiger partial charge in [-0.25, -0.2) is 9.97 Å². The Labute approximate surface area is 343 Å². The van der Waals surface area contributed by atoms with E-state index in [9.17, 15) is 24.6 Å². The Morgan fingerprint density at radius 1 is 0.947 bits per heavy atom. The minimum Gasteiger partial charge on any atom is -0.481 e. The molecule has 5 aliphatic carbocycles. The first-order valence-corrected chi connectivity index (χ1v) is 22.0. The van der Waals surface area contributed by atoms with Gasteiger partial charge in [-0.15, -0.1) is 0 Å². The minimum absolute atomic E-state index is 0.0216. The Kier molecular flexibility index (Phi) is 11.9. The molecule has 318 valence electrons. The Bertz CT molecular complexity index is 1720. The number of carboxylic acid groups (broad SMARTS) is 1. The molecule has 0 aliphatic heterocycles. The van der Waals surface area contributed by atoms with E-state index in [4.69, 9.17) is 4.74 Å². The van der Waals surface area contributed by atoms with Gasteiger partial charge in [0.15, 0.2) is 5.78 Å². The van der Waals surface area contributed by atoms with Crippen LogP contribution in [-0.2, 0) is 19.1 Å². The van der Waals surface area contributed by atoms with E-state index < -0.39 is 28.9 Å². The fourth-order valence-corrected chi connectivity index (χ4v) is 13.8. The molecule has 10 atom stereocenters. The van der Waals surface area contributed by atoms with E-state index in [1.165, 1.54) is 5.57 Å². The zero-order valence-corrected chi connectivity index (χ0v) is 37.3. The molecule has 0 aromatic carbocycles. The summed E-state index contributed by atoms with van der Waals surface area (Å²) in [5.41, 5.74) is 1.24. The highest BCUT2D eigenvalue weighted by Gasteiger charge is 2.71. The molecule has 0 bridgehead atoms. The SMILES string of the molecule is CC(C)C1=C2C3CCC4C5(C)CCC(OC(=O)CC(C)(C)C(=O)O)C(C)(C)C5CCC4(C)C3(C)CCC2(C(O)CN(CCN(C)C)C(C)c2ccncn2)CC1=O. The number of fused-ring (bicyclic) bond motifs is 7. The van der Waals surface area contributed by atoms with Gasteiger partial charge in [0, 0.05) is 49.1 Å². The summed E-state index contributed by atoms with van der Waals surface area (Å²) in [7, 11) is 4.15. The van der Waals surface area contributed by atoms with E-state index in [1.807, 2.05) is 6.07 Å². The first-order chi connectivity index (χ1) is 26.5. The molecule has 4 fully saturated rings. The predicted molar refractivity (Wildman–Crippen MR) is 222 cm³/mol. The number of likely N-dealkylation sites (N-methyl/N-ethyl adjacent to an activating group) is 1. The van der Waals surface area contributed by atoms with Crippen LogP contribution in [0.5, 0.6) is 0 Å². The molecule has 1 aromatic rings. The number of aliphatic hydroxyl groups excluding tert-OH is 1. The van der Waals surface area contributed by atoms with Crippen molar-refractivity contribution in [3.8, 4) is 0 Å². The summed E-state index contributed by atoms with van der Waals surface area (Å²) in [6.07, 6.45) is 10.4. The molecule has 0 saturated heterocycles. The second-order valence-corrected chi connectivity index (χ2v) is 21.7. The average molecular weight is 791 g/mol. The monoisotopic (exact) mass is 791 g/mol. The van der Waals surface area contributed by atoms with Crippen molar-refractivity contribution in [1.29, 1.82) is 0 Å². The first kappa shape index (κ1) is 43.9. The van der Waals surface area contributed by atoms with Gasteiger partial charge in [0.25, 0.3) is 0 Å². The van der Waals surface area contributed by atoms with Crippen LogP contribution in [0.25, 0.3) is 0 Å². The highest BCUT2D eigenvalue weighted by molar-refractivity contribution is 6.00. The Morgan fingerprint density at radius 3 is 2.26 bits per heavy atom. The van der Waals surface area contributed by atoms with Crippen molar-refractivity contribution in [2.24, 2.45) is 56.2 Å². The number of hydrogen-bond acceptors (Lipinski definition) is 9. The minimum atomic E-state index is -1.17. The van der Waals surface area contributed by atoms with E-state index in [1.54, 1.807) is 26.4 Å². The normalized spacial score (nSPS) is 36.0. The standard InChI is InChI=1S/C47H74N4O6/c1-29(2)39-33(52)25-47(36(53)27-51(24-23-50(11)12)30(3)32-17-22-48-28-49-32)21-20-45(9)31(40(39)47)13-14-35-44(8)18-16-37(57-38(54)26-42(4,5)41(55)56)43(6,7)34(44)15-19-46(35,45)10/h17,22,28-31,34-37,53H,13-16,18-21,23-27H2,1-12H3,(H,55,56). The highest BCUT2D eigenvalue weighted by atomic mass is 16.5. The van der Waals surface area contributed by atoms with Gasteiger partial charge in [-0.2, -0.15) is 0 Å². The molecule has 6 rings (SSSR count). The number of Topliss-reactive ketones (excluding diaryl/α,β-unsaturated/α-hetero) is 1. The summed E-state index contributed by atoms with van der Waals surface area (Å²) in [4.78, 5) is 52.6. The molecule has 1 heterocycles. The average Bonchev–Trinajstić information content (AvgIpc) is 3.44. The van der Waals surface area contributed by atoms with Crippen LogP contribution in [0.4, 0.5) is 0 Å². The molecule has 10 unspecified atom stereocenters. The fraction of sp³-hybridized carbons (Fsp3) is 0.809. The van der Waals surface area contributed by atoms with Crippen molar-refractivity contribution in [3.05, 3.63) is 35.4 Å². The molecule has 1 aromatic heterocycles. The molecule has 57 heavy (non-hydrogen) atoms. The fourth-order valence-electron chi connectivity index (χ4n) is 13.8. The molecule has 2 N–H and O–H groups in total. The molecular formula is C47H74N4O6. The van der Waals surface area contributed by atoms with E-state index in [-0.39, 0.29) is 57.8 Å². The number of esters is 1. The lowest BCUT2D eigenvalue weighted by Crippen LogP contribution is -2.66. The van der Waals surface area contributed by atoms with Crippen molar-refractivity contribution in [1.82, 2.24) is 19.8 Å². The van der Waals surface area contributed by atoms with Crippen molar-refractivity contribution in [2.45, 2.75) is 152 Å². The van der Waals surface area contributed by atoms with Crippen LogP contribution in [0.15, 0.2) is 29.7 Å². The van der Waals surface area contributed by atoms with Gasteiger partial charge in [-0.05, 0) is 138 Å². The maximum absolute atomic E-state index is 14.3. The van der Waals surface area contributed by atoms with Crippen LogP contribution >= 0.6 is 0 Å². The van der Waals surface area contributed by atoms with Crippen LogP contribution in [0, 0.1) is 56.2 Å². The van der Waals surface area contributed by atoms with E-state index in [2.05, 4.69) is 89.3 Å². The second kappa shape index (κ2) is 15.4. The van der Waals surface area contributed by atoms with Crippen LogP contribution in [0.1, 0.15) is 145 Å². The largest absolute Gasteiger partial charge is 0.481 e. The van der Waals surface area contributed by atoms with Crippen molar-refractivity contribution >= 4 is 17.7 Å². The van der Waals surface area contributed by atoms with E-state index in [0.717, 1.165) is 75.7 Å². The van der Waals surface area contributed by atoms with Gasteiger partial charge >= 0.3 is 11.9 Å². The van der Waals surface area contributed by atoms with Gasteiger partial charge < -0.3 is 19.8 Å². The third-order valence-corrected chi connectivity index (χ3v) is 17.3. The molecular weight excluding hydrogens is 717 g/mol. The quantitative estimate of drug-likeness (QED) is 0.189. The Balaban J connectivity index is 1.30. The zero-order chi connectivity index (χ0) is 42.1. The molecule has 10 heteroatoms. The van der Waals surface area contributed by atoms with Gasteiger partial charge in [0.05, 0.1) is 23.6 Å². The number of allylic oxidation sites excluding steroid dienone is 1. The molecule has 4 saturated carbocycles. The number of nitrogens with zero attached hydrogens (tertiary/aromatic N) is 4. The molecule has 0 spiro atoms. The second-order valence-electron chi connectivity index (χ2n) is 21.7. The summed E-state index contributed by atoms with van der Waals surface area (Å²) in [5.74, 6) is -0.0362. The number of aromatic nitrogens is 2. The van der Waals surface area contributed by atoms with Gasteiger partial charge in [-0.1, -0.05) is 54.0 Å². The molecule has 10 nitrogen and oxygen atoms in total. The summed E-state index contributed by atoms with van der Waals surface area (Å²) in [5, 5.41) is 22.4. The van der Waals surface area contributed by atoms with Crippen molar-refractivity contribution in [3.63, 3.8) is 0 Å². The smallest absolute Gasteiger partial charge is 0.309 e. The lowest BCUT2D eigenvalue weighted by atomic mass is 9.33. The van der Waals surface area contributed by atoms with Gasteiger partial charge in [0.2, 0.25) is 0 Å². The Hall–Kier alpha value is -2.69. The summed E-state index contributed by atoms with van der Waals surface area (Å²) >= 11 is 0. The number of aliphatic carboxylic acids is 1.